The topological polar surface area (TPSA) is 53.1 Å². The summed E-state index contributed by atoms with van der Waals surface area (Å²) in [5.41, 5.74) is 5.95. The Morgan fingerprint density at radius 1 is 0.926 bits per heavy atom. The number of hydrogen-bond donors (Lipinski definition) is 2. The van der Waals surface area contributed by atoms with Crippen LogP contribution in [0.25, 0.3) is 22.0 Å². The summed E-state index contributed by atoms with van der Waals surface area (Å²) in [5.74, 6) is -0.824. The monoisotopic (exact) mass is 375 g/mol. The second-order valence-electron chi connectivity index (χ2n) is 6.55. The normalized spacial score (nSPS) is 11.0. The Morgan fingerprint density at radius 2 is 1.63 bits per heavy atom. The Labute approximate surface area is 162 Å². The Morgan fingerprint density at radius 3 is 2.37 bits per heavy atom. The van der Waals surface area contributed by atoms with Crippen LogP contribution in [-0.2, 0) is 17.6 Å². The predicted molar refractivity (Wildman–Crippen MR) is 109 cm³/mol. The molecule has 4 heteroatoms. The Hall–Kier alpha value is -3.04. The molecule has 0 fully saturated rings. The van der Waals surface area contributed by atoms with Crippen LogP contribution in [0.4, 0.5) is 0 Å². The SMILES string of the molecule is O=C(O)Cc1c(Cc2ccc(-c3ccccc3Cl)cc2)[nH]c2ccccc12. The smallest absolute Gasteiger partial charge is 0.307 e. The van der Waals surface area contributed by atoms with Gasteiger partial charge in [0.2, 0.25) is 0 Å². The number of rotatable bonds is 5. The first-order valence-electron chi connectivity index (χ1n) is 8.76. The van der Waals surface area contributed by atoms with Crippen LogP contribution in [0.5, 0.6) is 0 Å². The minimum atomic E-state index is -0.824. The van der Waals surface area contributed by atoms with Gasteiger partial charge < -0.3 is 10.1 Å². The number of carboxylic acid groups (broad SMARTS) is 1. The number of aromatic amines is 1. The molecule has 0 bridgehead atoms. The summed E-state index contributed by atoms with van der Waals surface area (Å²) in [6.45, 7) is 0. The number of benzene rings is 3. The fourth-order valence-electron chi connectivity index (χ4n) is 3.46. The molecule has 0 unspecified atom stereocenters. The van der Waals surface area contributed by atoms with E-state index in [0.29, 0.717) is 6.42 Å². The van der Waals surface area contributed by atoms with Gasteiger partial charge in [0.25, 0.3) is 0 Å². The summed E-state index contributed by atoms with van der Waals surface area (Å²) >= 11 is 6.28. The highest BCUT2D eigenvalue weighted by atomic mass is 35.5. The maximum atomic E-state index is 11.3. The molecule has 1 aromatic heterocycles. The number of hydrogen-bond acceptors (Lipinski definition) is 1. The molecule has 0 aliphatic heterocycles. The highest BCUT2D eigenvalue weighted by Gasteiger charge is 2.14. The molecule has 4 rings (SSSR count). The van der Waals surface area contributed by atoms with Crippen LogP contribution in [0.2, 0.25) is 5.02 Å². The number of para-hydroxylation sites is 1. The lowest BCUT2D eigenvalue weighted by atomic mass is 9.99. The summed E-state index contributed by atoms with van der Waals surface area (Å²) in [6, 6.07) is 23.8. The second kappa shape index (κ2) is 7.29. The van der Waals surface area contributed by atoms with E-state index in [4.69, 9.17) is 11.6 Å². The maximum Gasteiger partial charge on any atom is 0.307 e. The predicted octanol–water partition coefficient (Wildman–Crippen LogP) is 5.71. The molecule has 2 N–H and O–H groups in total. The van der Waals surface area contributed by atoms with E-state index >= 15 is 0 Å². The first-order chi connectivity index (χ1) is 13.1. The van der Waals surface area contributed by atoms with Gasteiger partial charge in [-0.2, -0.15) is 0 Å². The molecule has 0 spiro atoms. The van der Waals surface area contributed by atoms with Crippen molar-refractivity contribution in [3.05, 3.63) is 94.6 Å². The zero-order valence-corrected chi connectivity index (χ0v) is 15.3. The van der Waals surface area contributed by atoms with Crippen LogP contribution in [0, 0.1) is 0 Å². The van der Waals surface area contributed by atoms with Crippen LogP contribution in [0.1, 0.15) is 16.8 Å². The molecule has 3 nitrogen and oxygen atoms in total. The van der Waals surface area contributed by atoms with E-state index in [9.17, 15) is 9.90 Å². The van der Waals surface area contributed by atoms with Gasteiger partial charge in [0.1, 0.15) is 0 Å². The van der Waals surface area contributed by atoms with Crippen molar-refractivity contribution in [3.63, 3.8) is 0 Å². The Bertz CT molecular complexity index is 1110. The van der Waals surface area contributed by atoms with E-state index in [2.05, 4.69) is 29.2 Å². The number of aliphatic carboxylic acids is 1. The van der Waals surface area contributed by atoms with E-state index in [1.54, 1.807) is 0 Å². The summed E-state index contributed by atoms with van der Waals surface area (Å²) < 4.78 is 0. The summed E-state index contributed by atoms with van der Waals surface area (Å²) in [5, 5.41) is 11.0. The third-order valence-electron chi connectivity index (χ3n) is 4.75. The molecule has 4 aromatic rings. The lowest BCUT2D eigenvalue weighted by Crippen LogP contribution is -2.03. The quantitative estimate of drug-likeness (QED) is 0.469. The minimum absolute atomic E-state index is 0.0110. The molecule has 0 saturated carbocycles. The summed E-state index contributed by atoms with van der Waals surface area (Å²) in [6.07, 6.45) is 0.664. The molecule has 134 valence electrons. The fourth-order valence-corrected chi connectivity index (χ4v) is 3.71. The Balaban J connectivity index is 1.66. The van der Waals surface area contributed by atoms with Gasteiger partial charge in [0, 0.05) is 33.6 Å². The van der Waals surface area contributed by atoms with Crippen LogP contribution in [0.3, 0.4) is 0 Å². The second-order valence-corrected chi connectivity index (χ2v) is 6.96. The summed E-state index contributed by atoms with van der Waals surface area (Å²) in [7, 11) is 0. The van der Waals surface area contributed by atoms with Crippen LogP contribution in [-0.4, -0.2) is 16.1 Å². The van der Waals surface area contributed by atoms with E-state index in [1.807, 2.05) is 48.5 Å². The van der Waals surface area contributed by atoms with Gasteiger partial charge in [-0.05, 0) is 28.8 Å². The zero-order chi connectivity index (χ0) is 18.8. The fraction of sp³-hybridized carbons (Fsp3) is 0.0870. The van der Waals surface area contributed by atoms with Gasteiger partial charge in [-0.3, -0.25) is 4.79 Å². The van der Waals surface area contributed by atoms with Gasteiger partial charge in [-0.25, -0.2) is 0 Å². The maximum absolute atomic E-state index is 11.3. The minimum Gasteiger partial charge on any atom is -0.481 e. The van der Waals surface area contributed by atoms with Crippen LogP contribution < -0.4 is 0 Å². The number of halogens is 1. The highest BCUT2D eigenvalue weighted by Crippen LogP contribution is 2.29. The summed E-state index contributed by atoms with van der Waals surface area (Å²) in [4.78, 5) is 14.7. The lowest BCUT2D eigenvalue weighted by molar-refractivity contribution is -0.136. The van der Waals surface area contributed by atoms with Crippen molar-refractivity contribution in [2.45, 2.75) is 12.8 Å². The molecule has 27 heavy (non-hydrogen) atoms. The van der Waals surface area contributed by atoms with E-state index in [0.717, 1.165) is 43.9 Å². The van der Waals surface area contributed by atoms with E-state index in [1.165, 1.54) is 0 Å². The van der Waals surface area contributed by atoms with Crippen LogP contribution in [0.15, 0.2) is 72.8 Å². The molecule has 1 heterocycles. The number of H-pyrrole nitrogens is 1. The Kier molecular flexibility index (Phi) is 4.69. The largest absolute Gasteiger partial charge is 0.481 e. The molecule has 0 saturated heterocycles. The van der Waals surface area contributed by atoms with Crippen molar-refractivity contribution in [2.24, 2.45) is 0 Å². The van der Waals surface area contributed by atoms with Gasteiger partial charge in [-0.15, -0.1) is 0 Å². The lowest BCUT2D eigenvalue weighted by Gasteiger charge is -2.07. The van der Waals surface area contributed by atoms with Crippen molar-refractivity contribution in [1.82, 2.24) is 4.98 Å². The third kappa shape index (κ3) is 3.60. The van der Waals surface area contributed by atoms with E-state index < -0.39 is 5.97 Å². The first kappa shape index (κ1) is 17.4. The number of nitrogens with one attached hydrogen (secondary N) is 1. The standard InChI is InChI=1S/C23H18ClNO2/c24-20-7-3-1-5-17(20)16-11-9-15(10-12-16)13-22-19(14-23(26)27)18-6-2-4-8-21(18)25-22/h1-12,25H,13-14H2,(H,26,27). The zero-order valence-electron chi connectivity index (χ0n) is 14.6. The third-order valence-corrected chi connectivity index (χ3v) is 5.08. The van der Waals surface area contributed by atoms with Crippen molar-refractivity contribution in [1.29, 1.82) is 0 Å². The van der Waals surface area contributed by atoms with Gasteiger partial charge >= 0.3 is 5.97 Å². The molecule has 0 radical (unpaired) electrons. The molecule has 0 aliphatic carbocycles. The molecule has 0 atom stereocenters. The van der Waals surface area contributed by atoms with Crippen molar-refractivity contribution in [3.8, 4) is 11.1 Å². The van der Waals surface area contributed by atoms with Crippen molar-refractivity contribution < 1.29 is 9.90 Å². The average Bonchev–Trinajstić information content (AvgIpc) is 3.00. The van der Waals surface area contributed by atoms with Gasteiger partial charge in [0.05, 0.1) is 6.42 Å². The number of carbonyl (C=O) groups is 1. The van der Waals surface area contributed by atoms with Gasteiger partial charge in [0.15, 0.2) is 0 Å². The molecular weight excluding hydrogens is 358 g/mol. The van der Waals surface area contributed by atoms with Crippen molar-refractivity contribution >= 4 is 28.5 Å². The van der Waals surface area contributed by atoms with Crippen molar-refractivity contribution in [2.75, 3.05) is 0 Å². The van der Waals surface area contributed by atoms with Crippen LogP contribution >= 0.6 is 11.6 Å². The highest BCUT2D eigenvalue weighted by molar-refractivity contribution is 6.33. The molecule has 3 aromatic carbocycles. The molecular formula is C23H18ClNO2. The number of fused-ring (bicyclic) bond motifs is 1. The average molecular weight is 376 g/mol. The molecule has 0 aliphatic rings. The first-order valence-corrected chi connectivity index (χ1v) is 9.13. The van der Waals surface area contributed by atoms with Gasteiger partial charge in [-0.1, -0.05) is 72.3 Å². The molecule has 0 amide bonds. The number of aromatic nitrogens is 1. The number of carboxylic acids is 1. The van der Waals surface area contributed by atoms with E-state index in [-0.39, 0.29) is 6.42 Å².